The van der Waals surface area contributed by atoms with Crippen molar-refractivity contribution >= 4 is 0 Å². The van der Waals surface area contributed by atoms with Gasteiger partial charge in [0.25, 0.3) is 0 Å². The van der Waals surface area contributed by atoms with Crippen molar-refractivity contribution in [3.8, 4) is 0 Å². The molecule has 0 amide bonds. The molecular weight excluding hydrogens is 230 g/mol. The summed E-state index contributed by atoms with van der Waals surface area (Å²) >= 11 is 0. The van der Waals surface area contributed by atoms with Crippen LogP contribution in [-0.4, -0.2) is 6.54 Å². The predicted octanol–water partition coefficient (Wildman–Crippen LogP) is 4.28. The SMILES string of the molecule is Cc1cccc([C@H](C)NCCCc2ccccc2)c1. The van der Waals surface area contributed by atoms with Gasteiger partial charge in [0.15, 0.2) is 0 Å². The first-order valence-electron chi connectivity index (χ1n) is 7.09. The molecule has 0 saturated heterocycles. The third-order valence-corrected chi connectivity index (χ3v) is 3.48. The van der Waals surface area contributed by atoms with Crippen molar-refractivity contribution in [2.24, 2.45) is 0 Å². The van der Waals surface area contributed by atoms with E-state index in [4.69, 9.17) is 0 Å². The molecule has 1 atom stereocenters. The summed E-state index contributed by atoms with van der Waals surface area (Å²) in [5.41, 5.74) is 4.13. The van der Waals surface area contributed by atoms with Crippen molar-refractivity contribution < 1.29 is 0 Å². The molecule has 0 unspecified atom stereocenters. The lowest BCUT2D eigenvalue weighted by molar-refractivity contribution is 0.558. The van der Waals surface area contributed by atoms with Gasteiger partial charge in [-0.3, -0.25) is 0 Å². The van der Waals surface area contributed by atoms with Gasteiger partial charge in [0, 0.05) is 6.04 Å². The smallest absolute Gasteiger partial charge is 0.0291 e. The maximum absolute atomic E-state index is 3.60. The van der Waals surface area contributed by atoms with Crippen LogP contribution in [0.15, 0.2) is 54.6 Å². The lowest BCUT2D eigenvalue weighted by Crippen LogP contribution is -2.20. The Kier molecular flexibility index (Phi) is 5.17. The summed E-state index contributed by atoms with van der Waals surface area (Å²) in [4.78, 5) is 0. The van der Waals surface area contributed by atoms with E-state index < -0.39 is 0 Å². The van der Waals surface area contributed by atoms with Crippen molar-refractivity contribution in [1.82, 2.24) is 5.32 Å². The van der Waals surface area contributed by atoms with E-state index in [-0.39, 0.29) is 0 Å². The van der Waals surface area contributed by atoms with E-state index in [2.05, 4.69) is 73.8 Å². The lowest BCUT2D eigenvalue weighted by atomic mass is 10.1. The molecule has 1 nitrogen and oxygen atoms in total. The number of rotatable bonds is 6. The van der Waals surface area contributed by atoms with Crippen LogP contribution in [0.25, 0.3) is 0 Å². The van der Waals surface area contributed by atoms with Gasteiger partial charge in [0.05, 0.1) is 0 Å². The first-order chi connectivity index (χ1) is 9.25. The highest BCUT2D eigenvalue weighted by atomic mass is 14.9. The second-order valence-corrected chi connectivity index (χ2v) is 5.18. The van der Waals surface area contributed by atoms with Crippen molar-refractivity contribution in [2.45, 2.75) is 32.7 Å². The van der Waals surface area contributed by atoms with E-state index in [0.717, 1.165) is 13.0 Å². The third kappa shape index (κ3) is 4.53. The summed E-state index contributed by atoms with van der Waals surface area (Å²) in [5.74, 6) is 0. The molecule has 2 aromatic rings. The zero-order valence-corrected chi connectivity index (χ0v) is 11.9. The minimum atomic E-state index is 0.427. The van der Waals surface area contributed by atoms with Gasteiger partial charge in [-0.05, 0) is 44.4 Å². The Morgan fingerprint density at radius 2 is 1.79 bits per heavy atom. The lowest BCUT2D eigenvalue weighted by Gasteiger charge is -2.14. The average molecular weight is 253 g/mol. The summed E-state index contributed by atoms with van der Waals surface area (Å²) in [6.45, 7) is 5.44. The first kappa shape index (κ1) is 13.8. The van der Waals surface area contributed by atoms with E-state index in [9.17, 15) is 0 Å². The van der Waals surface area contributed by atoms with Gasteiger partial charge in [-0.15, -0.1) is 0 Å². The Hall–Kier alpha value is -1.60. The van der Waals surface area contributed by atoms with E-state index in [1.165, 1.54) is 23.1 Å². The van der Waals surface area contributed by atoms with Gasteiger partial charge in [-0.1, -0.05) is 60.2 Å². The van der Waals surface area contributed by atoms with Gasteiger partial charge in [0.1, 0.15) is 0 Å². The minimum Gasteiger partial charge on any atom is -0.310 e. The van der Waals surface area contributed by atoms with Crippen molar-refractivity contribution in [2.75, 3.05) is 6.54 Å². The van der Waals surface area contributed by atoms with Crippen molar-refractivity contribution in [1.29, 1.82) is 0 Å². The Morgan fingerprint density at radius 1 is 1.00 bits per heavy atom. The van der Waals surface area contributed by atoms with Crippen LogP contribution in [0.5, 0.6) is 0 Å². The summed E-state index contributed by atoms with van der Waals surface area (Å²) in [6, 6.07) is 19.8. The molecule has 0 radical (unpaired) electrons. The van der Waals surface area contributed by atoms with Crippen LogP contribution in [0.2, 0.25) is 0 Å². The quantitative estimate of drug-likeness (QED) is 0.758. The molecule has 0 spiro atoms. The van der Waals surface area contributed by atoms with Crippen LogP contribution < -0.4 is 5.32 Å². The molecule has 1 heteroatoms. The molecule has 2 aromatic carbocycles. The maximum atomic E-state index is 3.60. The standard InChI is InChI=1S/C18H23N/c1-15-8-6-12-18(14-15)16(2)19-13-7-11-17-9-4-3-5-10-17/h3-6,8-10,12,14,16,19H,7,11,13H2,1-2H3/t16-/m0/s1. The zero-order chi connectivity index (χ0) is 13.5. The fourth-order valence-electron chi connectivity index (χ4n) is 2.31. The van der Waals surface area contributed by atoms with Crippen LogP contribution in [0.4, 0.5) is 0 Å². The fraction of sp³-hybridized carbons (Fsp3) is 0.333. The number of nitrogens with one attached hydrogen (secondary N) is 1. The molecule has 100 valence electrons. The molecule has 1 N–H and O–H groups in total. The normalized spacial score (nSPS) is 12.3. The molecule has 0 bridgehead atoms. The Bertz CT molecular complexity index is 490. The molecule has 19 heavy (non-hydrogen) atoms. The Balaban J connectivity index is 1.74. The van der Waals surface area contributed by atoms with Gasteiger partial charge in [-0.2, -0.15) is 0 Å². The zero-order valence-electron chi connectivity index (χ0n) is 11.9. The topological polar surface area (TPSA) is 12.0 Å². The first-order valence-corrected chi connectivity index (χ1v) is 7.09. The second kappa shape index (κ2) is 7.10. The molecule has 0 aliphatic heterocycles. The largest absolute Gasteiger partial charge is 0.310 e. The predicted molar refractivity (Wildman–Crippen MR) is 82.4 cm³/mol. The highest BCUT2D eigenvalue weighted by Crippen LogP contribution is 2.13. The molecule has 0 aliphatic rings. The third-order valence-electron chi connectivity index (χ3n) is 3.48. The number of benzene rings is 2. The summed E-state index contributed by atoms with van der Waals surface area (Å²) in [6.07, 6.45) is 2.33. The molecule has 0 fully saturated rings. The van der Waals surface area contributed by atoms with Crippen molar-refractivity contribution in [3.05, 3.63) is 71.3 Å². The van der Waals surface area contributed by atoms with Gasteiger partial charge in [-0.25, -0.2) is 0 Å². The molecule has 2 rings (SSSR count). The number of hydrogen-bond donors (Lipinski definition) is 1. The highest BCUT2D eigenvalue weighted by Gasteiger charge is 2.03. The van der Waals surface area contributed by atoms with E-state index >= 15 is 0 Å². The van der Waals surface area contributed by atoms with Gasteiger partial charge >= 0.3 is 0 Å². The van der Waals surface area contributed by atoms with E-state index in [1.54, 1.807) is 0 Å². The van der Waals surface area contributed by atoms with Crippen LogP contribution in [0.1, 0.15) is 36.1 Å². The fourth-order valence-corrected chi connectivity index (χ4v) is 2.31. The number of aryl methyl sites for hydroxylation is 2. The van der Waals surface area contributed by atoms with Crippen LogP contribution in [0, 0.1) is 6.92 Å². The molecule has 0 saturated carbocycles. The second-order valence-electron chi connectivity index (χ2n) is 5.18. The number of hydrogen-bond acceptors (Lipinski definition) is 1. The van der Waals surface area contributed by atoms with Crippen LogP contribution in [0.3, 0.4) is 0 Å². The van der Waals surface area contributed by atoms with E-state index in [1.807, 2.05) is 0 Å². The summed E-state index contributed by atoms with van der Waals surface area (Å²) < 4.78 is 0. The molecule has 0 aromatic heterocycles. The Labute approximate surface area is 116 Å². The molecule has 0 heterocycles. The van der Waals surface area contributed by atoms with Gasteiger partial charge in [0.2, 0.25) is 0 Å². The Morgan fingerprint density at radius 3 is 2.53 bits per heavy atom. The summed E-state index contributed by atoms with van der Waals surface area (Å²) in [5, 5.41) is 3.60. The van der Waals surface area contributed by atoms with Crippen LogP contribution in [-0.2, 0) is 6.42 Å². The van der Waals surface area contributed by atoms with Crippen LogP contribution >= 0.6 is 0 Å². The minimum absolute atomic E-state index is 0.427. The average Bonchev–Trinajstić information content (AvgIpc) is 2.44. The van der Waals surface area contributed by atoms with Gasteiger partial charge < -0.3 is 5.32 Å². The molecule has 0 aliphatic carbocycles. The molecular formula is C18H23N. The van der Waals surface area contributed by atoms with E-state index in [0.29, 0.717) is 6.04 Å². The highest BCUT2D eigenvalue weighted by molar-refractivity contribution is 5.24. The maximum Gasteiger partial charge on any atom is 0.0291 e. The monoisotopic (exact) mass is 253 g/mol. The summed E-state index contributed by atoms with van der Waals surface area (Å²) in [7, 11) is 0. The van der Waals surface area contributed by atoms with Crippen molar-refractivity contribution in [3.63, 3.8) is 0 Å².